The number of ether oxygens (including phenoxy) is 2. The van der Waals surface area contributed by atoms with Crippen molar-refractivity contribution in [1.82, 2.24) is 10.2 Å². The molecule has 1 amide bonds. The molecule has 2 aromatic carbocycles. The lowest BCUT2D eigenvalue weighted by Gasteiger charge is -2.33. The molecule has 26 heavy (non-hydrogen) atoms. The summed E-state index contributed by atoms with van der Waals surface area (Å²) in [5.41, 5.74) is 0.922. The van der Waals surface area contributed by atoms with Crippen molar-refractivity contribution in [2.75, 3.05) is 26.2 Å². The van der Waals surface area contributed by atoms with Crippen molar-refractivity contribution in [3.63, 3.8) is 0 Å². The second-order valence-electron chi connectivity index (χ2n) is 6.25. The summed E-state index contributed by atoms with van der Waals surface area (Å²) in [6, 6.07) is 17.2. The SMILES string of the molecule is CCN(CC)CCNC(=O)[C@H]1Oc2ccccc2O[C@@H]1c1ccccc1. The lowest BCUT2D eigenvalue weighted by atomic mass is 10.0. The van der Waals surface area contributed by atoms with Crippen LogP contribution in [0, 0.1) is 0 Å². The van der Waals surface area contributed by atoms with Gasteiger partial charge in [-0.05, 0) is 30.8 Å². The Bertz CT molecular complexity index is 716. The first-order valence-electron chi connectivity index (χ1n) is 9.20. The lowest BCUT2D eigenvalue weighted by molar-refractivity contribution is -0.134. The van der Waals surface area contributed by atoms with Gasteiger partial charge in [0.1, 0.15) is 0 Å². The summed E-state index contributed by atoms with van der Waals surface area (Å²) >= 11 is 0. The van der Waals surface area contributed by atoms with Crippen LogP contribution in [-0.2, 0) is 4.79 Å². The standard InChI is InChI=1S/C21H26N2O3/c1-3-23(4-2)15-14-22-21(24)20-19(16-10-6-5-7-11-16)25-17-12-8-9-13-18(17)26-20/h5-13,19-20H,3-4,14-15H2,1-2H3,(H,22,24)/t19-,20+/m1/s1. The quantitative estimate of drug-likeness (QED) is 0.830. The van der Waals surface area contributed by atoms with Crippen molar-refractivity contribution in [1.29, 1.82) is 0 Å². The first-order chi connectivity index (χ1) is 12.7. The first kappa shape index (κ1) is 18.3. The molecule has 0 unspecified atom stereocenters. The molecule has 2 aromatic rings. The second-order valence-corrected chi connectivity index (χ2v) is 6.25. The predicted molar refractivity (Wildman–Crippen MR) is 101 cm³/mol. The monoisotopic (exact) mass is 354 g/mol. The number of hydrogen-bond acceptors (Lipinski definition) is 4. The molecule has 0 saturated carbocycles. The maximum atomic E-state index is 12.8. The largest absolute Gasteiger partial charge is 0.477 e. The van der Waals surface area contributed by atoms with E-state index in [-0.39, 0.29) is 5.91 Å². The van der Waals surface area contributed by atoms with E-state index >= 15 is 0 Å². The smallest absolute Gasteiger partial charge is 0.265 e. The molecule has 1 N–H and O–H groups in total. The average Bonchev–Trinajstić information content (AvgIpc) is 2.70. The number of hydrogen-bond donors (Lipinski definition) is 1. The number of nitrogens with one attached hydrogen (secondary N) is 1. The van der Waals surface area contributed by atoms with Crippen molar-refractivity contribution in [3.8, 4) is 11.5 Å². The van der Waals surface area contributed by atoms with Gasteiger partial charge in [0.15, 0.2) is 17.6 Å². The number of carbonyl (C=O) groups excluding carboxylic acids is 1. The molecule has 0 bridgehead atoms. The zero-order valence-corrected chi connectivity index (χ0v) is 15.4. The molecule has 138 valence electrons. The van der Waals surface area contributed by atoms with E-state index in [2.05, 4.69) is 24.1 Å². The van der Waals surface area contributed by atoms with Crippen molar-refractivity contribution in [3.05, 3.63) is 60.2 Å². The molecule has 3 rings (SSSR count). The van der Waals surface area contributed by atoms with Gasteiger partial charge in [-0.1, -0.05) is 56.3 Å². The van der Waals surface area contributed by atoms with Crippen LogP contribution in [-0.4, -0.2) is 43.1 Å². The topological polar surface area (TPSA) is 50.8 Å². The summed E-state index contributed by atoms with van der Waals surface area (Å²) in [4.78, 5) is 15.1. The Hall–Kier alpha value is -2.53. The van der Waals surface area contributed by atoms with Gasteiger partial charge in [0.2, 0.25) is 6.10 Å². The van der Waals surface area contributed by atoms with Crippen LogP contribution in [0.3, 0.4) is 0 Å². The van der Waals surface area contributed by atoms with Crippen LogP contribution in [0.2, 0.25) is 0 Å². The third-order valence-corrected chi connectivity index (χ3v) is 4.64. The van der Waals surface area contributed by atoms with Gasteiger partial charge in [0, 0.05) is 13.1 Å². The average molecular weight is 354 g/mol. The van der Waals surface area contributed by atoms with Crippen molar-refractivity contribution in [2.24, 2.45) is 0 Å². The number of rotatable bonds is 7. The number of fused-ring (bicyclic) bond motifs is 1. The molecule has 0 spiro atoms. The van der Waals surface area contributed by atoms with E-state index in [1.807, 2.05) is 54.6 Å². The van der Waals surface area contributed by atoms with Gasteiger partial charge < -0.3 is 19.7 Å². The molecule has 0 aliphatic carbocycles. The normalized spacial score (nSPS) is 18.6. The third-order valence-electron chi connectivity index (χ3n) is 4.64. The fourth-order valence-electron chi connectivity index (χ4n) is 3.10. The number of para-hydroxylation sites is 2. The van der Waals surface area contributed by atoms with Crippen LogP contribution >= 0.6 is 0 Å². The Morgan fingerprint density at radius 3 is 2.23 bits per heavy atom. The van der Waals surface area contributed by atoms with Crippen molar-refractivity contribution in [2.45, 2.75) is 26.1 Å². The van der Waals surface area contributed by atoms with Crippen molar-refractivity contribution < 1.29 is 14.3 Å². The molecule has 0 saturated heterocycles. The maximum absolute atomic E-state index is 12.8. The van der Waals surface area contributed by atoms with Gasteiger partial charge in [-0.25, -0.2) is 0 Å². The van der Waals surface area contributed by atoms with Crippen LogP contribution in [0.1, 0.15) is 25.5 Å². The van der Waals surface area contributed by atoms with E-state index in [9.17, 15) is 4.79 Å². The minimum atomic E-state index is -0.719. The number of amides is 1. The van der Waals surface area contributed by atoms with E-state index in [4.69, 9.17) is 9.47 Å². The van der Waals surface area contributed by atoms with Gasteiger partial charge in [-0.15, -0.1) is 0 Å². The molecular weight excluding hydrogens is 328 g/mol. The molecule has 1 aliphatic heterocycles. The van der Waals surface area contributed by atoms with Gasteiger partial charge in [0.05, 0.1) is 0 Å². The van der Waals surface area contributed by atoms with E-state index in [1.165, 1.54) is 0 Å². The number of carbonyl (C=O) groups is 1. The molecule has 2 atom stereocenters. The fourth-order valence-corrected chi connectivity index (χ4v) is 3.10. The van der Waals surface area contributed by atoms with Crippen LogP contribution in [0.4, 0.5) is 0 Å². The van der Waals surface area contributed by atoms with Crippen LogP contribution in [0.25, 0.3) is 0 Å². The van der Waals surface area contributed by atoms with Gasteiger partial charge in [0.25, 0.3) is 5.91 Å². The molecule has 5 heteroatoms. The van der Waals surface area contributed by atoms with Crippen LogP contribution in [0.5, 0.6) is 11.5 Å². The van der Waals surface area contributed by atoms with E-state index in [0.29, 0.717) is 18.0 Å². The Morgan fingerprint density at radius 2 is 1.58 bits per heavy atom. The number of nitrogens with zero attached hydrogens (tertiary/aromatic N) is 1. The maximum Gasteiger partial charge on any atom is 0.265 e. The summed E-state index contributed by atoms with van der Waals surface area (Å²) in [5, 5.41) is 3.00. The number of likely N-dealkylation sites (N-methyl/N-ethyl adjacent to an activating group) is 1. The zero-order chi connectivity index (χ0) is 18.4. The minimum absolute atomic E-state index is 0.152. The molecule has 0 radical (unpaired) electrons. The summed E-state index contributed by atoms with van der Waals surface area (Å²) in [6.45, 7) is 7.57. The highest BCUT2D eigenvalue weighted by Gasteiger charge is 2.37. The zero-order valence-electron chi connectivity index (χ0n) is 15.4. The highest BCUT2D eigenvalue weighted by atomic mass is 16.6. The first-order valence-corrected chi connectivity index (χ1v) is 9.20. The molecule has 1 heterocycles. The lowest BCUT2D eigenvalue weighted by Crippen LogP contribution is -2.47. The summed E-state index contributed by atoms with van der Waals surface area (Å²) in [6.07, 6.45) is -1.19. The molecule has 5 nitrogen and oxygen atoms in total. The fraction of sp³-hybridized carbons (Fsp3) is 0.381. The van der Waals surface area contributed by atoms with Crippen LogP contribution < -0.4 is 14.8 Å². The highest BCUT2D eigenvalue weighted by molar-refractivity contribution is 5.82. The second kappa shape index (κ2) is 8.72. The molecule has 0 fully saturated rings. The van der Waals surface area contributed by atoms with Gasteiger partial charge in [-0.3, -0.25) is 4.79 Å². The summed E-state index contributed by atoms with van der Waals surface area (Å²) in [5.74, 6) is 1.11. The Kier molecular flexibility index (Phi) is 6.12. The predicted octanol–water partition coefficient (Wildman–Crippen LogP) is 3.03. The van der Waals surface area contributed by atoms with Gasteiger partial charge in [-0.2, -0.15) is 0 Å². The van der Waals surface area contributed by atoms with E-state index in [1.54, 1.807) is 0 Å². The van der Waals surface area contributed by atoms with Gasteiger partial charge >= 0.3 is 0 Å². The molecule has 1 aliphatic rings. The van der Waals surface area contributed by atoms with Crippen LogP contribution in [0.15, 0.2) is 54.6 Å². The summed E-state index contributed by atoms with van der Waals surface area (Å²) in [7, 11) is 0. The molecule has 0 aromatic heterocycles. The van der Waals surface area contributed by atoms with E-state index < -0.39 is 12.2 Å². The minimum Gasteiger partial charge on any atom is -0.477 e. The Labute approximate surface area is 154 Å². The Balaban J connectivity index is 1.75. The van der Waals surface area contributed by atoms with Crippen molar-refractivity contribution >= 4 is 5.91 Å². The van der Waals surface area contributed by atoms with E-state index in [0.717, 1.165) is 25.2 Å². The number of benzene rings is 2. The summed E-state index contributed by atoms with van der Waals surface area (Å²) < 4.78 is 12.1. The Morgan fingerprint density at radius 1 is 0.962 bits per heavy atom. The molecular formula is C21H26N2O3. The highest BCUT2D eigenvalue weighted by Crippen LogP contribution is 2.39. The third kappa shape index (κ3) is 4.17.